The summed E-state index contributed by atoms with van der Waals surface area (Å²) in [6.07, 6.45) is 3.06. The van der Waals surface area contributed by atoms with Crippen LogP contribution in [0.1, 0.15) is 0 Å². The predicted molar refractivity (Wildman–Crippen MR) is 52.9 cm³/mol. The molecule has 2 heterocycles. The minimum absolute atomic E-state index is 0. The fraction of sp³-hybridized carbons (Fsp3) is 0. The van der Waals surface area contributed by atoms with Crippen LogP contribution < -0.4 is 5.32 Å². The second-order valence-electron chi connectivity index (χ2n) is 2.14. The molecule has 0 aliphatic heterocycles. The van der Waals surface area contributed by atoms with Crippen LogP contribution in [0.25, 0.3) is 0 Å². The zero-order valence-electron chi connectivity index (χ0n) is 6.49. The molecule has 2 aromatic heterocycles. The molecule has 0 saturated carbocycles. The van der Waals surface area contributed by atoms with Crippen molar-refractivity contribution >= 4 is 20.0 Å². The molecule has 2 aromatic rings. The molecule has 0 aliphatic carbocycles. The molecule has 0 saturated heterocycles. The maximum atomic E-state index is 3.71. The lowest BCUT2D eigenvalue weighted by molar-refractivity contribution is 0.854. The van der Waals surface area contributed by atoms with E-state index in [2.05, 4.69) is 36.1 Å². The van der Waals surface area contributed by atoms with E-state index in [1.807, 2.05) is 0 Å². The van der Waals surface area contributed by atoms with Crippen molar-refractivity contribution in [1.82, 2.24) is 30.8 Å². The van der Waals surface area contributed by atoms with Gasteiger partial charge in [0.25, 0.3) is 0 Å². The van der Waals surface area contributed by atoms with Gasteiger partial charge in [0, 0.05) is 12.1 Å². The second-order valence-corrected chi connectivity index (χ2v) is 2.14. The van der Waals surface area contributed by atoms with Gasteiger partial charge >= 0.3 is 0 Å². The molecule has 0 spiro atoms. The summed E-state index contributed by atoms with van der Waals surface area (Å²) in [6.45, 7) is 0. The number of aromatic nitrogens is 6. The van der Waals surface area contributed by atoms with Crippen LogP contribution in [0.5, 0.6) is 0 Å². The molecule has 8 heteroatoms. The first-order valence-corrected chi connectivity index (χ1v) is 3.51. The zero-order chi connectivity index (χ0) is 8.93. The summed E-state index contributed by atoms with van der Waals surface area (Å²) >= 11 is 0. The van der Waals surface area contributed by atoms with Crippen molar-refractivity contribution in [3.05, 3.63) is 24.5 Å². The molecule has 0 aromatic carbocycles. The molecule has 7 nitrogen and oxygen atoms in total. The number of rotatable bonds is 2. The molecule has 2 rings (SSSR count). The number of nitrogens with zero attached hydrogens (tertiary/aromatic N) is 6. The van der Waals surface area contributed by atoms with Crippen molar-refractivity contribution in [1.29, 1.82) is 0 Å². The van der Waals surface area contributed by atoms with Gasteiger partial charge in [-0.15, -0.1) is 20.4 Å². The average molecular weight is 189 g/mol. The summed E-state index contributed by atoms with van der Waals surface area (Å²) in [7, 11) is 0. The minimum atomic E-state index is 0. The van der Waals surface area contributed by atoms with Gasteiger partial charge in [-0.2, -0.15) is 0 Å². The fourth-order valence-corrected chi connectivity index (χ4v) is 0.747. The summed E-state index contributed by atoms with van der Waals surface area (Å²) in [5, 5.41) is 24.3. The van der Waals surface area contributed by atoms with Crippen LogP contribution in [0.3, 0.4) is 0 Å². The van der Waals surface area contributed by atoms with Crippen molar-refractivity contribution in [3.63, 3.8) is 0 Å². The SMILES string of the molecule is B.c1cc(Nc2ccnnn2)nnn1. The first kappa shape index (κ1) is 9.97. The highest BCUT2D eigenvalue weighted by Gasteiger charge is 1.95. The van der Waals surface area contributed by atoms with Crippen molar-refractivity contribution in [3.8, 4) is 0 Å². The Kier molecular flexibility index (Phi) is 3.42. The van der Waals surface area contributed by atoms with Crippen molar-refractivity contribution in [2.24, 2.45) is 0 Å². The van der Waals surface area contributed by atoms with Crippen LogP contribution in [0.15, 0.2) is 24.5 Å². The Bertz CT molecular complexity index is 329. The van der Waals surface area contributed by atoms with Crippen LogP contribution in [0.2, 0.25) is 0 Å². The highest BCUT2D eigenvalue weighted by molar-refractivity contribution is 5.75. The summed E-state index contributed by atoms with van der Waals surface area (Å²) in [6, 6.07) is 3.35. The van der Waals surface area contributed by atoms with Crippen molar-refractivity contribution in [2.45, 2.75) is 0 Å². The van der Waals surface area contributed by atoms with Gasteiger partial charge in [-0.3, -0.25) is 0 Å². The topological polar surface area (TPSA) is 89.4 Å². The van der Waals surface area contributed by atoms with E-state index in [1.165, 1.54) is 12.4 Å². The lowest BCUT2D eigenvalue weighted by Crippen LogP contribution is -1.99. The molecule has 0 fully saturated rings. The van der Waals surface area contributed by atoms with E-state index in [4.69, 9.17) is 0 Å². The van der Waals surface area contributed by atoms with E-state index in [9.17, 15) is 0 Å². The smallest absolute Gasteiger partial charge is 0.157 e. The third kappa shape index (κ3) is 2.44. The number of hydrogen-bond acceptors (Lipinski definition) is 7. The van der Waals surface area contributed by atoms with Gasteiger partial charge in [-0.25, -0.2) is 0 Å². The highest BCUT2D eigenvalue weighted by atomic mass is 15.4. The average Bonchev–Trinajstić information content (AvgIpc) is 2.21. The number of nitrogens with one attached hydrogen (secondary N) is 1. The third-order valence-electron chi connectivity index (χ3n) is 1.26. The second kappa shape index (κ2) is 4.80. The van der Waals surface area contributed by atoms with Crippen LogP contribution in [-0.4, -0.2) is 39.2 Å². The van der Waals surface area contributed by atoms with E-state index < -0.39 is 0 Å². The van der Waals surface area contributed by atoms with E-state index >= 15 is 0 Å². The largest absolute Gasteiger partial charge is 0.322 e. The summed E-state index contributed by atoms with van der Waals surface area (Å²) in [5.74, 6) is 1.13. The maximum absolute atomic E-state index is 3.71. The quantitative estimate of drug-likeness (QED) is 0.582. The Labute approximate surface area is 81.6 Å². The first-order valence-electron chi connectivity index (χ1n) is 3.51. The lowest BCUT2D eigenvalue weighted by Gasteiger charge is -1.99. The molecule has 0 radical (unpaired) electrons. The summed E-state index contributed by atoms with van der Waals surface area (Å²) < 4.78 is 0. The molecule has 1 N–H and O–H groups in total. The third-order valence-corrected chi connectivity index (χ3v) is 1.26. The van der Waals surface area contributed by atoms with Gasteiger partial charge in [0.2, 0.25) is 0 Å². The normalized spacial score (nSPS) is 8.86. The highest BCUT2D eigenvalue weighted by Crippen LogP contribution is 2.05. The van der Waals surface area contributed by atoms with Crippen molar-refractivity contribution < 1.29 is 0 Å². The first-order chi connectivity index (χ1) is 6.45. The van der Waals surface area contributed by atoms with E-state index in [0.717, 1.165) is 0 Å². The Morgan fingerprint density at radius 1 is 0.857 bits per heavy atom. The predicted octanol–water partition coefficient (Wildman–Crippen LogP) is -1.38. The Morgan fingerprint density at radius 3 is 1.71 bits per heavy atom. The van der Waals surface area contributed by atoms with E-state index in [0.29, 0.717) is 11.6 Å². The minimum Gasteiger partial charge on any atom is -0.322 e. The molecule has 0 amide bonds. The van der Waals surface area contributed by atoms with Crippen LogP contribution >= 0.6 is 0 Å². The number of anilines is 2. The zero-order valence-corrected chi connectivity index (χ0v) is 6.49. The molecular formula is C6H8BN7. The van der Waals surface area contributed by atoms with E-state index in [-0.39, 0.29) is 8.41 Å². The van der Waals surface area contributed by atoms with Gasteiger partial charge in [0.15, 0.2) is 11.6 Å². The van der Waals surface area contributed by atoms with Gasteiger partial charge in [0.1, 0.15) is 0 Å². The fourth-order valence-electron chi connectivity index (χ4n) is 0.747. The standard InChI is InChI=1S/C6H5N7.BH3/c1-3-7-12-10-5(1)9-6-2-4-8-13-11-6;/h1-4H,(H,7,8,9,10,11);1H3. The monoisotopic (exact) mass is 189 g/mol. The van der Waals surface area contributed by atoms with Crippen molar-refractivity contribution in [2.75, 3.05) is 5.32 Å². The molecule has 14 heavy (non-hydrogen) atoms. The van der Waals surface area contributed by atoms with Gasteiger partial charge in [-0.05, 0) is 10.4 Å². The van der Waals surface area contributed by atoms with Crippen LogP contribution in [0.4, 0.5) is 11.6 Å². The van der Waals surface area contributed by atoms with Gasteiger partial charge in [-0.1, -0.05) is 0 Å². The van der Waals surface area contributed by atoms with Gasteiger partial charge in [0.05, 0.1) is 20.8 Å². The van der Waals surface area contributed by atoms with E-state index in [1.54, 1.807) is 12.1 Å². The summed E-state index contributed by atoms with van der Waals surface area (Å²) in [4.78, 5) is 0. The Hall–Kier alpha value is -2.12. The Balaban J connectivity index is 0.000000980. The number of hydrogen-bond donors (Lipinski definition) is 1. The maximum Gasteiger partial charge on any atom is 0.157 e. The Morgan fingerprint density at radius 2 is 1.36 bits per heavy atom. The van der Waals surface area contributed by atoms with Gasteiger partial charge < -0.3 is 5.32 Å². The molecule has 70 valence electrons. The summed E-state index contributed by atoms with van der Waals surface area (Å²) in [5.41, 5.74) is 0. The molecule has 0 unspecified atom stereocenters. The lowest BCUT2D eigenvalue weighted by atomic mass is 10.5. The van der Waals surface area contributed by atoms with Crippen LogP contribution in [0, 0.1) is 0 Å². The molecule has 0 aliphatic rings. The molecule has 0 bridgehead atoms. The van der Waals surface area contributed by atoms with Crippen LogP contribution in [-0.2, 0) is 0 Å². The molecular weight excluding hydrogens is 181 g/mol. The molecule has 0 atom stereocenters.